The Bertz CT molecular complexity index is 416. The topological polar surface area (TPSA) is 84.5 Å². The van der Waals surface area contributed by atoms with Crippen LogP contribution in [0.15, 0.2) is 17.5 Å². The molecule has 1 heterocycles. The van der Waals surface area contributed by atoms with Gasteiger partial charge in [-0.1, -0.05) is 6.07 Å². The highest BCUT2D eigenvalue weighted by Gasteiger charge is 2.20. The van der Waals surface area contributed by atoms with Crippen molar-refractivity contribution in [1.29, 1.82) is 0 Å². The molecule has 3 amide bonds. The van der Waals surface area contributed by atoms with E-state index in [2.05, 4.69) is 5.32 Å². The van der Waals surface area contributed by atoms with Gasteiger partial charge in [0.1, 0.15) is 4.88 Å². The molecule has 6 nitrogen and oxygen atoms in total. The Morgan fingerprint density at radius 3 is 2.65 bits per heavy atom. The first-order valence-corrected chi connectivity index (χ1v) is 5.69. The zero-order valence-corrected chi connectivity index (χ0v) is 10.2. The van der Waals surface area contributed by atoms with Crippen molar-refractivity contribution in [2.45, 2.75) is 13.0 Å². The highest BCUT2D eigenvalue weighted by Crippen LogP contribution is 2.11. The molecule has 0 aliphatic heterocycles. The van der Waals surface area contributed by atoms with E-state index in [1.54, 1.807) is 17.5 Å². The van der Waals surface area contributed by atoms with Crippen molar-refractivity contribution in [2.75, 3.05) is 7.05 Å². The molecule has 0 radical (unpaired) electrons. The molecule has 0 aliphatic rings. The lowest BCUT2D eigenvalue weighted by Crippen LogP contribution is -2.43. The van der Waals surface area contributed by atoms with E-state index >= 15 is 0 Å². The maximum Gasteiger partial charge on any atom is 0.349 e. The Kier molecular flexibility index (Phi) is 4.65. The van der Waals surface area contributed by atoms with Crippen LogP contribution < -0.4 is 10.6 Å². The Hall–Kier alpha value is -1.89. The molecule has 0 unspecified atom stereocenters. The van der Waals surface area contributed by atoms with Gasteiger partial charge in [-0.15, -0.1) is 11.3 Å². The molecule has 1 atom stereocenters. The van der Waals surface area contributed by atoms with Gasteiger partial charge >= 0.3 is 12.0 Å². The van der Waals surface area contributed by atoms with Crippen LogP contribution in [-0.2, 0) is 9.53 Å². The lowest BCUT2D eigenvalue weighted by atomic mass is 10.3. The second kappa shape index (κ2) is 6.00. The number of esters is 1. The van der Waals surface area contributed by atoms with E-state index in [0.717, 1.165) is 0 Å². The normalized spacial score (nSPS) is 11.4. The van der Waals surface area contributed by atoms with E-state index in [0.29, 0.717) is 4.88 Å². The summed E-state index contributed by atoms with van der Waals surface area (Å²) in [5, 5.41) is 5.97. The number of ether oxygens (including phenoxy) is 1. The summed E-state index contributed by atoms with van der Waals surface area (Å²) in [6.45, 7) is 1.39. The molecule has 7 heteroatoms. The first kappa shape index (κ1) is 13.2. The van der Waals surface area contributed by atoms with E-state index in [1.165, 1.54) is 25.3 Å². The van der Waals surface area contributed by atoms with Gasteiger partial charge in [0, 0.05) is 7.05 Å². The zero-order chi connectivity index (χ0) is 12.8. The van der Waals surface area contributed by atoms with Crippen LogP contribution in [0.5, 0.6) is 0 Å². The second-order valence-corrected chi connectivity index (χ2v) is 4.04. The minimum Gasteiger partial charge on any atom is -0.448 e. The van der Waals surface area contributed by atoms with Crippen LogP contribution in [0.25, 0.3) is 0 Å². The molecular weight excluding hydrogens is 244 g/mol. The van der Waals surface area contributed by atoms with E-state index in [-0.39, 0.29) is 0 Å². The molecule has 1 rings (SSSR count). The largest absolute Gasteiger partial charge is 0.448 e. The van der Waals surface area contributed by atoms with E-state index in [9.17, 15) is 14.4 Å². The molecule has 0 saturated heterocycles. The van der Waals surface area contributed by atoms with Gasteiger partial charge in [0.2, 0.25) is 0 Å². The van der Waals surface area contributed by atoms with E-state index in [1.807, 2.05) is 5.32 Å². The number of nitrogens with one attached hydrogen (secondary N) is 2. The van der Waals surface area contributed by atoms with Gasteiger partial charge in [-0.25, -0.2) is 9.59 Å². The molecule has 1 aromatic rings. The molecule has 1 aromatic heterocycles. The third kappa shape index (κ3) is 3.87. The molecule has 0 fully saturated rings. The van der Waals surface area contributed by atoms with Gasteiger partial charge in [-0.3, -0.25) is 10.1 Å². The molecule has 0 aliphatic carbocycles. The molecule has 0 saturated carbocycles. The minimum absolute atomic E-state index is 0.407. The van der Waals surface area contributed by atoms with E-state index < -0.39 is 24.0 Å². The summed E-state index contributed by atoms with van der Waals surface area (Å²) >= 11 is 1.22. The molecule has 2 N–H and O–H groups in total. The van der Waals surface area contributed by atoms with Gasteiger partial charge in [-0.2, -0.15) is 0 Å². The fourth-order valence-electron chi connectivity index (χ4n) is 0.943. The number of imide groups is 1. The number of amides is 3. The first-order valence-electron chi connectivity index (χ1n) is 4.81. The maximum absolute atomic E-state index is 11.5. The van der Waals surface area contributed by atoms with Gasteiger partial charge < -0.3 is 10.1 Å². The summed E-state index contributed by atoms with van der Waals surface area (Å²) in [6, 6.07) is 2.65. The molecule has 92 valence electrons. The van der Waals surface area contributed by atoms with Gasteiger partial charge in [0.15, 0.2) is 6.10 Å². The Labute approximate surface area is 102 Å². The number of hydrogen-bond donors (Lipinski definition) is 2. The molecule has 0 bridgehead atoms. The van der Waals surface area contributed by atoms with Crippen LogP contribution in [0.3, 0.4) is 0 Å². The third-order valence-electron chi connectivity index (χ3n) is 1.84. The SMILES string of the molecule is CNC(=O)NC(=O)[C@@H](C)OC(=O)c1cccs1. The number of thiophene rings is 1. The van der Waals surface area contributed by atoms with Crippen molar-refractivity contribution < 1.29 is 19.1 Å². The van der Waals surface area contributed by atoms with Crippen LogP contribution in [-0.4, -0.2) is 31.1 Å². The zero-order valence-electron chi connectivity index (χ0n) is 9.35. The lowest BCUT2D eigenvalue weighted by molar-refractivity contribution is -0.127. The van der Waals surface area contributed by atoms with Crippen LogP contribution in [0.1, 0.15) is 16.6 Å². The number of carbonyl (C=O) groups excluding carboxylic acids is 3. The molecule has 0 aromatic carbocycles. The van der Waals surface area contributed by atoms with Crippen molar-refractivity contribution in [3.8, 4) is 0 Å². The summed E-state index contributed by atoms with van der Waals surface area (Å²) in [7, 11) is 1.38. The quantitative estimate of drug-likeness (QED) is 0.781. The standard InChI is InChI=1S/C10H12N2O4S/c1-6(8(13)12-10(15)11-2)16-9(14)7-4-3-5-17-7/h3-6H,1-2H3,(H2,11,12,13,15)/t6-/m1/s1. The number of urea groups is 1. The van der Waals surface area contributed by atoms with Crippen molar-refractivity contribution >= 4 is 29.2 Å². The summed E-state index contributed by atoms with van der Waals surface area (Å²) in [6.07, 6.45) is -1.03. The lowest BCUT2D eigenvalue weighted by Gasteiger charge is -2.11. The van der Waals surface area contributed by atoms with Crippen LogP contribution in [0.4, 0.5) is 4.79 Å². The van der Waals surface area contributed by atoms with Crippen molar-refractivity contribution in [3.05, 3.63) is 22.4 Å². The molecular formula is C10H12N2O4S. The summed E-state index contributed by atoms with van der Waals surface area (Å²) in [5.41, 5.74) is 0. The number of rotatable bonds is 3. The Balaban J connectivity index is 2.49. The van der Waals surface area contributed by atoms with Gasteiger partial charge in [0.25, 0.3) is 5.91 Å². The number of carbonyl (C=O) groups is 3. The maximum atomic E-state index is 11.5. The number of hydrogen-bond acceptors (Lipinski definition) is 5. The summed E-state index contributed by atoms with van der Waals surface area (Å²) in [5.74, 6) is -1.26. The average Bonchev–Trinajstić information content (AvgIpc) is 2.82. The Morgan fingerprint density at radius 2 is 2.12 bits per heavy atom. The second-order valence-electron chi connectivity index (χ2n) is 3.09. The van der Waals surface area contributed by atoms with Crippen molar-refractivity contribution in [2.24, 2.45) is 0 Å². The highest BCUT2D eigenvalue weighted by atomic mass is 32.1. The van der Waals surface area contributed by atoms with Crippen LogP contribution in [0, 0.1) is 0 Å². The fraction of sp³-hybridized carbons (Fsp3) is 0.300. The molecule has 17 heavy (non-hydrogen) atoms. The Morgan fingerprint density at radius 1 is 1.41 bits per heavy atom. The van der Waals surface area contributed by atoms with Crippen LogP contribution in [0.2, 0.25) is 0 Å². The van der Waals surface area contributed by atoms with Gasteiger partial charge in [-0.05, 0) is 18.4 Å². The first-order chi connectivity index (χ1) is 8.04. The summed E-state index contributed by atoms with van der Waals surface area (Å²) in [4.78, 5) is 34.1. The molecule has 0 spiro atoms. The minimum atomic E-state index is -1.03. The van der Waals surface area contributed by atoms with Crippen molar-refractivity contribution in [3.63, 3.8) is 0 Å². The summed E-state index contributed by atoms with van der Waals surface area (Å²) < 4.78 is 4.88. The highest BCUT2D eigenvalue weighted by molar-refractivity contribution is 7.11. The smallest absolute Gasteiger partial charge is 0.349 e. The van der Waals surface area contributed by atoms with Crippen LogP contribution >= 0.6 is 11.3 Å². The van der Waals surface area contributed by atoms with Crippen molar-refractivity contribution in [1.82, 2.24) is 10.6 Å². The monoisotopic (exact) mass is 256 g/mol. The third-order valence-corrected chi connectivity index (χ3v) is 2.69. The average molecular weight is 256 g/mol. The predicted octanol–water partition coefficient (Wildman–Crippen LogP) is 0.749. The predicted molar refractivity (Wildman–Crippen MR) is 61.8 cm³/mol. The fourth-order valence-corrected chi connectivity index (χ4v) is 1.55. The van der Waals surface area contributed by atoms with E-state index in [4.69, 9.17) is 4.74 Å². The van der Waals surface area contributed by atoms with Gasteiger partial charge in [0.05, 0.1) is 0 Å².